The van der Waals surface area contributed by atoms with E-state index in [1.165, 1.54) is 5.57 Å². The van der Waals surface area contributed by atoms with Gasteiger partial charge in [0.15, 0.2) is 0 Å². The van der Waals surface area contributed by atoms with Gasteiger partial charge in [-0.2, -0.15) is 4.89 Å². The van der Waals surface area contributed by atoms with E-state index in [4.69, 9.17) is 19.2 Å². The summed E-state index contributed by atoms with van der Waals surface area (Å²) >= 11 is 0. The van der Waals surface area contributed by atoms with Crippen LogP contribution in [0.5, 0.6) is 0 Å². The molecule has 0 bridgehead atoms. The van der Waals surface area contributed by atoms with Crippen LogP contribution in [-0.4, -0.2) is 42.1 Å². The summed E-state index contributed by atoms with van der Waals surface area (Å²) in [5.74, 6) is 0.800. The van der Waals surface area contributed by atoms with Crippen molar-refractivity contribution in [1.82, 2.24) is 0 Å². The predicted molar refractivity (Wildman–Crippen MR) is 120 cm³/mol. The van der Waals surface area contributed by atoms with Crippen molar-refractivity contribution in [2.75, 3.05) is 6.61 Å². The van der Waals surface area contributed by atoms with Gasteiger partial charge in [0.05, 0.1) is 18.8 Å². The number of allylic oxidation sites excluding steroid dienone is 1. The molecule has 8 atom stereocenters. The van der Waals surface area contributed by atoms with Crippen LogP contribution >= 0.6 is 0 Å². The number of esters is 1. The van der Waals surface area contributed by atoms with Crippen molar-refractivity contribution in [1.29, 1.82) is 0 Å². The Labute approximate surface area is 192 Å². The van der Waals surface area contributed by atoms with Crippen molar-refractivity contribution in [2.45, 2.75) is 103 Å². The molecule has 1 heterocycles. The van der Waals surface area contributed by atoms with Crippen LogP contribution in [0.2, 0.25) is 0 Å². The van der Waals surface area contributed by atoms with Crippen LogP contribution in [-0.2, 0) is 24.0 Å². The van der Waals surface area contributed by atoms with E-state index in [0.717, 1.165) is 44.9 Å². The molecule has 3 fully saturated rings. The fourth-order valence-corrected chi connectivity index (χ4v) is 6.76. The van der Waals surface area contributed by atoms with Crippen molar-refractivity contribution in [3.63, 3.8) is 0 Å². The van der Waals surface area contributed by atoms with E-state index in [1.54, 1.807) is 0 Å². The average Bonchev–Trinajstić information content (AvgIpc) is 3.09. The maximum absolute atomic E-state index is 12.0. The summed E-state index contributed by atoms with van der Waals surface area (Å²) in [6.07, 6.45) is 7.77. The summed E-state index contributed by atoms with van der Waals surface area (Å²) in [7, 11) is 0. The van der Waals surface area contributed by atoms with Gasteiger partial charge in [0.25, 0.3) is 0 Å². The number of rotatable bonds is 7. The molecule has 0 aromatic heterocycles. The van der Waals surface area contributed by atoms with Gasteiger partial charge in [-0.1, -0.05) is 45.9 Å². The van der Waals surface area contributed by atoms with Crippen LogP contribution in [0.25, 0.3) is 0 Å². The maximum Gasteiger partial charge on any atom is 0.305 e. The minimum absolute atomic E-state index is 0.0193. The molecule has 0 amide bonds. The summed E-state index contributed by atoms with van der Waals surface area (Å²) in [5, 5.41) is 11.3. The molecule has 1 saturated heterocycles. The summed E-state index contributed by atoms with van der Waals surface area (Å²) in [4.78, 5) is 23.1. The number of ether oxygens (including phenoxy) is 2. The molecule has 0 aromatic rings. The van der Waals surface area contributed by atoms with E-state index in [2.05, 4.69) is 33.4 Å². The molecule has 32 heavy (non-hydrogen) atoms. The van der Waals surface area contributed by atoms with E-state index in [-0.39, 0.29) is 46.9 Å². The molecule has 4 unspecified atom stereocenters. The number of hydrogen-bond acceptors (Lipinski definition) is 6. The number of fused-ring (bicyclic) bond motifs is 5. The Hall–Kier alpha value is -1.37. The molecule has 180 valence electrons. The smallest absolute Gasteiger partial charge is 0.305 e. The van der Waals surface area contributed by atoms with Crippen LogP contribution in [0, 0.1) is 22.7 Å². The fraction of sp³-hybridized carbons (Fsp3) is 0.808. The fourth-order valence-electron chi connectivity index (χ4n) is 6.76. The molecule has 0 radical (unpaired) electrons. The molecule has 1 N–H and O–H groups in total. The Balaban J connectivity index is 1.49. The zero-order valence-corrected chi connectivity index (χ0v) is 20.1. The Kier molecular flexibility index (Phi) is 6.77. The Morgan fingerprint density at radius 2 is 2.06 bits per heavy atom. The summed E-state index contributed by atoms with van der Waals surface area (Å²) in [6.45, 7) is 12.8. The maximum atomic E-state index is 12.0. The highest BCUT2D eigenvalue weighted by molar-refractivity contribution is 5.69. The van der Waals surface area contributed by atoms with E-state index in [1.807, 2.05) is 6.92 Å². The van der Waals surface area contributed by atoms with Gasteiger partial charge in [0, 0.05) is 29.6 Å². The minimum Gasteiger partial charge on any atom is -0.462 e. The monoisotopic (exact) mass is 448 g/mol. The average molecular weight is 449 g/mol. The number of carbonyl (C=O) groups is 1. The van der Waals surface area contributed by atoms with Crippen molar-refractivity contribution in [2.24, 2.45) is 22.7 Å². The molecule has 6 nitrogen and oxygen atoms in total. The number of hydrogen-bond donors (Lipinski definition) is 1. The van der Waals surface area contributed by atoms with E-state index in [9.17, 15) is 9.90 Å². The molecular weight excluding hydrogens is 408 g/mol. The van der Waals surface area contributed by atoms with Crippen LogP contribution in [0.15, 0.2) is 24.0 Å². The minimum atomic E-state index is -0.567. The summed E-state index contributed by atoms with van der Waals surface area (Å²) in [6, 6.07) is 0. The van der Waals surface area contributed by atoms with Gasteiger partial charge in [-0.15, -0.1) is 0 Å². The molecule has 2 saturated carbocycles. The van der Waals surface area contributed by atoms with Crippen LogP contribution < -0.4 is 0 Å². The Morgan fingerprint density at radius 1 is 1.28 bits per heavy atom. The van der Waals surface area contributed by atoms with E-state index < -0.39 is 6.10 Å². The zero-order chi connectivity index (χ0) is 23.1. The molecule has 0 aromatic carbocycles. The lowest BCUT2D eigenvalue weighted by molar-refractivity contribution is -0.303. The number of aliphatic hydroxyl groups is 1. The van der Waals surface area contributed by atoms with Crippen molar-refractivity contribution in [3.05, 3.63) is 24.0 Å². The third kappa shape index (κ3) is 4.03. The van der Waals surface area contributed by atoms with E-state index >= 15 is 0 Å². The molecule has 3 aliphatic carbocycles. The third-order valence-corrected chi connectivity index (χ3v) is 8.66. The van der Waals surface area contributed by atoms with Gasteiger partial charge < -0.3 is 19.5 Å². The molecule has 4 rings (SSSR count). The SMILES string of the molecule is C=C(CCC)OO[C@H]1CC[C@@]2(C)C(=CC(O)C3C2OC[C@@]2(C)C3CC[C@@H]2OC(=O)CC)C1. The third-order valence-electron chi connectivity index (χ3n) is 8.66. The number of carbonyl (C=O) groups excluding carboxylic acids is 1. The van der Waals surface area contributed by atoms with Crippen molar-refractivity contribution >= 4 is 5.97 Å². The van der Waals surface area contributed by atoms with Gasteiger partial charge in [-0.05, 0) is 44.4 Å². The first-order valence-electron chi connectivity index (χ1n) is 12.4. The molecule has 4 aliphatic rings. The molecule has 0 spiro atoms. The van der Waals surface area contributed by atoms with Crippen LogP contribution in [0.4, 0.5) is 0 Å². The second-order valence-electron chi connectivity index (χ2n) is 10.8. The highest BCUT2D eigenvalue weighted by Gasteiger charge is 2.62. The lowest BCUT2D eigenvalue weighted by atomic mass is 9.54. The first-order valence-corrected chi connectivity index (χ1v) is 12.4. The largest absolute Gasteiger partial charge is 0.462 e. The van der Waals surface area contributed by atoms with Gasteiger partial charge in [-0.3, -0.25) is 4.79 Å². The van der Waals surface area contributed by atoms with Gasteiger partial charge >= 0.3 is 5.97 Å². The van der Waals surface area contributed by atoms with Gasteiger partial charge in [-0.25, -0.2) is 0 Å². The molecular formula is C26H40O6. The first-order chi connectivity index (χ1) is 15.2. The van der Waals surface area contributed by atoms with Crippen molar-refractivity contribution < 1.29 is 29.1 Å². The summed E-state index contributed by atoms with van der Waals surface area (Å²) < 4.78 is 12.4. The van der Waals surface area contributed by atoms with Gasteiger partial charge in [0.1, 0.15) is 18.0 Å². The lowest BCUT2D eigenvalue weighted by Crippen LogP contribution is -2.61. The summed E-state index contributed by atoms with van der Waals surface area (Å²) in [5.41, 5.74) is 0.842. The van der Waals surface area contributed by atoms with Crippen LogP contribution in [0.1, 0.15) is 79.1 Å². The lowest BCUT2D eigenvalue weighted by Gasteiger charge is -2.58. The molecule has 6 heteroatoms. The van der Waals surface area contributed by atoms with Crippen LogP contribution in [0.3, 0.4) is 0 Å². The topological polar surface area (TPSA) is 74.2 Å². The highest BCUT2D eigenvalue weighted by atomic mass is 17.2. The second-order valence-corrected chi connectivity index (χ2v) is 10.8. The second kappa shape index (κ2) is 9.11. The quantitative estimate of drug-likeness (QED) is 0.197. The standard InChI is InChI=1S/C26H40O6/c1-6-8-16(3)31-32-18-11-12-25(4)17(13-18)14-20(27)23-19-9-10-21(30-22(28)7-2)26(19,5)15-29-24(23)25/h14,18-21,23-24,27H,3,6-13,15H2,1-2,4-5H3/t18-,19?,20?,21-,23?,24?,25-,26-/m0/s1. The first kappa shape index (κ1) is 23.8. The predicted octanol–water partition coefficient (Wildman–Crippen LogP) is 4.86. The van der Waals surface area contributed by atoms with Gasteiger partial charge in [0.2, 0.25) is 0 Å². The Morgan fingerprint density at radius 3 is 2.78 bits per heavy atom. The normalized spacial score (nSPS) is 42.8. The molecule has 1 aliphatic heterocycles. The van der Waals surface area contributed by atoms with E-state index in [0.29, 0.717) is 18.8 Å². The zero-order valence-electron chi connectivity index (χ0n) is 20.1. The number of aliphatic hydroxyl groups excluding tert-OH is 1. The highest BCUT2D eigenvalue weighted by Crippen LogP contribution is 2.61. The van der Waals surface area contributed by atoms with Crippen molar-refractivity contribution in [3.8, 4) is 0 Å². The Bertz CT molecular complexity index is 761.